The Labute approximate surface area is 111 Å². The SMILES string of the molecule is CCCn1nncc1C(=O)C1Cc2ccccc2N1. The molecule has 1 N–H and O–H groups in total. The molecule has 1 atom stereocenters. The van der Waals surface area contributed by atoms with Crippen molar-refractivity contribution in [1.82, 2.24) is 15.0 Å². The fourth-order valence-electron chi connectivity index (χ4n) is 2.46. The number of hydrogen-bond donors (Lipinski definition) is 1. The third-order valence-electron chi connectivity index (χ3n) is 3.39. The van der Waals surface area contributed by atoms with E-state index in [4.69, 9.17) is 0 Å². The van der Waals surface area contributed by atoms with Gasteiger partial charge in [-0.25, -0.2) is 4.68 Å². The van der Waals surface area contributed by atoms with Gasteiger partial charge in [0.2, 0.25) is 5.78 Å². The van der Waals surface area contributed by atoms with Crippen LogP contribution < -0.4 is 5.32 Å². The van der Waals surface area contributed by atoms with E-state index in [0.717, 1.165) is 25.1 Å². The van der Waals surface area contributed by atoms with Crippen molar-refractivity contribution in [2.45, 2.75) is 32.4 Å². The van der Waals surface area contributed by atoms with Crippen LogP contribution in [0.1, 0.15) is 29.4 Å². The number of anilines is 1. The first kappa shape index (κ1) is 11.9. The lowest BCUT2D eigenvalue weighted by Crippen LogP contribution is -2.29. The molecule has 0 spiro atoms. The number of Topliss-reactive ketones (excluding diaryl/α,β-unsaturated/α-hetero) is 1. The second-order valence-electron chi connectivity index (χ2n) is 4.76. The minimum atomic E-state index is -0.202. The molecule has 0 saturated carbocycles. The fraction of sp³-hybridized carbons (Fsp3) is 0.357. The van der Waals surface area contributed by atoms with Crippen LogP contribution >= 0.6 is 0 Å². The Morgan fingerprint density at radius 3 is 3.11 bits per heavy atom. The Kier molecular flexibility index (Phi) is 3.03. The maximum absolute atomic E-state index is 12.5. The molecular formula is C14H16N4O. The lowest BCUT2D eigenvalue weighted by Gasteiger charge is -2.10. The molecule has 5 heteroatoms. The van der Waals surface area contributed by atoms with Gasteiger partial charge < -0.3 is 5.32 Å². The molecule has 19 heavy (non-hydrogen) atoms. The van der Waals surface area contributed by atoms with E-state index in [2.05, 4.69) is 28.6 Å². The van der Waals surface area contributed by atoms with Crippen molar-refractivity contribution in [1.29, 1.82) is 0 Å². The highest BCUT2D eigenvalue weighted by Crippen LogP contribution is 2.26. The zero-order valence-corrected chi connectivity index (χ0v) is 10.8. The monoisotopic (exact) mass is 256 g/mol. The van der Waals surface area contributed by atoms with Gasteiger partial charge in [0.1, 0.15) is 5.69 Å². The van der Waals surface area contributed by atoms with Crippen molar-refractivity contribution in [3.8, 4) is 0 Å². The van der Waals surface area contributed by atoms with E-state index in [1.54, 1.807) is 10.9 Å². The quantitative estimate of drug-likeness (QED) is 0.849. The number of carbonyl (C=O) groups is 1. The lowest BCUT2D eigenvalue weighted by atomic mass is 10.1. The van der Waals surface area contributed by atoms with Gasteiger partial charge in [0.25, 0.3) is 0 Å². The van der Waals surface area contributed by atoms with E-state index in [-0.39, 0.29) is 11.8 Å². The van der Waals surface area contributed by atoms with Gasteiger partial charge in [-0.3, -0.25) is 4.79 Å². The second-order valence-corrected chi connectivity index (χ2v) is 4.76. The van der Waals surface area contributed by atoms with Gasteiger partial charge in [-0.1, -0.05) is 30.3 Å². The molecule has 98 valence electrons. The summed E-state index contributed by atoms with van der Waals surface area (Å²) in [5.41, 5.74) is 2.83. The average molecular weight is 256 g/mol. The normalized spacial score (nSPS) is 17.0. The molecule has 0 amide bonds. The van der Waals surface area contributed by atoms with Crippen LogP contribution in [-0.2, 0) is 13.0 Å². The zero-order valence-electron chi connectivity index (χ0n) is 10.8. The number of fused-ring (bicyclic) bond motifs is 1. The van der Waals surface area contributed by atoms with Gasteiger partial charge in [0.15, 0.2) is 0 Å². The first-order valence-corrected chi connectivity index (χ1v) is 6.56. The summed E-state index contributed by atoms with van der Waals surface area (Å²) in [6.45, 7) is 2.78. The number of para-hydroxylation sites is 1. The van der Waals surface area contributed by atoms with E-state index in [9.17, 15) is 4.79 Å². The third kappa shape index (κ3) is 2.12. The van der Waals surface area contributed by atoms with Crippen LogP contribution in [0.25, 0.3) is 0 Å². The average Bonchev–Trinajstić information content (AvgIpc) is 3.04. The van der Waals surface area contributed by atoms with E-state index in [0.29, 0.717) is 5.69 Å². The Hall–Kier alpha value is -2.17. The smallest absolute Gasteiger partial charge is 0.204 e. The molecule has 0 radical (unpaired) electrons. The molecule has 5 nitrogen and oxygen atoms in total. The second kappa shape index (κ2) is 4.84. The van der Waals surface area contributed by atoms with Crippen molar-refractivity contribution < 1.29 is 4.79 Å². The summed E-state index contributed by atoms with van der Waals surface area (Å²) < 4.78 is 1.69. The number of rotatable bonds is 4. The molecule has 0 saturated heterocycles. The topological polar surface area (TPSA) is 59.8 Å². The Morgan fingerprint density at radius 1 is 1.47 bits per heavy atom. The number of ketones is 1. The summed E-state index contributed by atoms with van der Waals surface area (Å²) >= 11 is 0. The Morgan fingerprint density at radius 2 is 2.32 bits per heavy atom. The Bertz CT molecular complexity index is 580. The molecule has 1 aliphatic heterocycles. The number of benzene rings is 1. The summed E-state index contributed by atoms with van der Waals surface area (Å²) in [7, 11) is 0. The standard InChI is InChI=1S/C14H16N4O/c1-2-7-18-13(9-15-17-18)14(19)12-8-10-5-3-4-6-11(10)16-12/h3-6,9,12,16H,2,7-8H2,1H3. The van der Waals surface area contributed by atoms with Gasteiger partial charge in [-0.05, 0) is 18.1 Å². The van der Waals surface area contributed by atoms with Crippen molar-refractivity contribution in [3.05, 3.63) is 41.7 Å². The van der Waals surface area contributed by atoms with Crippen LogP contribution in [0.5, 0.6) is 0 Å². The molecule has 1 aromatic heterocycles. The number of carbonyl (C=O) groups excluding carboxylic acids is 1. The van der Waals surface area contributed by atoms with Crippen LogP contribution in [0.4, 0.5) is 5.69 Å². The first-order valence-electron chi connectivity index (χ1n) is 6.56. The number of aromatic nitrogens is 3. The number of nitrogens with zero attached hydrogens (tertiary/aromatic N) is 3. The van der Waals surface area contributed by atoms with Gasteiger partial charge >= 0.3 is 0 Å². The summed E-state index contributed by atoms with van der Waals surface area (Å²) in [4.78, 5) is 12.5. The molecule has 0 bridgehead atoms. The highest BCUT2D eigenvalue weighted by atomic mass is 16.1. The molecule has 1 aliphatic rings. The van der Waals surface area contributed by atoms with Crippen LogP contribution in [-0.4, -0.2) is 26.8 Å². The zero-order chi connectivity index (χ0) is 13.2. The van der Waals surface area contributed by atoms with Crippen LogP contribution in [0.3, 0.4) is 0 Å². The summed E-state index contributed by atoms with van der Waals surface area (Å²) in [5, 5.41) is 11.1. The fourth-order valence-corrected chi connectivity index (χ4v) is 2.46. The summed E-state index contributed by atoms with van der Waals surface area (Å²) in [6.07, 6.45) is 3.22. The van der Waals surface area contributed by atoms with Gasteiger partial charge in [-0.15, -0.1) is 5.10 Å². The molecule has 0 fully saturated rings. The third-order valence-corrected chi connectivity index (χ3v) is 3.39. The van der Waals surface area contributed by atoms with E-state index in [1.807, 2.05) is 18.2 Å². The van der Waals surface area contributed by atoms with Crippen molar-refractivity contribution in [2.75, 3.05) is 5.32 Å². The maximum Gasteiger partial charge on any atom is 0.204 e. The molecule has 1 unspecified atom stereocenters. The molecular weight excluding hydrogens is 240 g/mol. The Balaban J connectivity index is 1.81. The molecule has 2 heterocycles. The van der Waals surface area contributed by atoms with Crippen LogP contribution in [0.2, 0.25) is 0 Å². The van der Waals surface area contributed by atoms with E-state index in [1.165, 1.54) is 5.56 Å². The highest BCUT2D eigenvalue weighted by molar-refractivity contribution is 6.01. The first-order chi connectivity index (χ1) is 9.29. The van der Waals surface area contributed by atoms with E-state index >= 15 is 0 Å². The van der Waals surface area contributed by atoms with Gasteiger partial charge in [0, 0.05) is 18.7 Å². The minimum Gasteiger partial charge on any atom is -0.374 e. The minimum absolute atomic E-state index is 0.0645. The number of nitrogens with one attached hydrogen (secondary N) is 1. The number of aryl methyl sites for hydroxylation is 1. The molecule has 1 aromatic carbocycles. The van der Waals surface area contributed by atoms with Crippen molar-refractivity contribution >= 4 is 11.5 Å². The van der Waals surface area contributed by atoms with Gasteiger partial charge in [0.05, 0.1) is 12.2 Å². The molecule has 2 aromatic rings. The highest BCUT2D eigenvalue weighted by Gasteiger charge is 2.29. The van der Waals surface area contributed by atoms with Gasteiger partial charge in [-0.2, -0.15) is 0 Å². The van der Waals surface area contributed by atoms with Crippen LogP contribution in [0, 0.1) is 0 Å². The predicted octanol–water partition coefficient (Wildman–Crippen LogP) is 1.91. The molecule has 3 rings (SSSR count). The van der Waals surface area contributed by atoms with Crippen molar-refractivity contribution in [3.63, 3.8) is 0 Å². The molecule has 0 aliphatic carbocycles. The lowest BCUT2D eigenvalue weighted by molar-refractivity contribution is 0.0961. The summed E-state index contributed by atoms with van der Waals surface area (Å²) in [5.74, 6) is 0.0645. The largest absolute Gasteiger partial charge is 0.374 e. The summed E-state index contributed by atoms with van der Waals surface area (Å²) in [6, 6.07) is 7.82. The predicted molar refractivity (Wildman–Crippen MR) is 72.2 cm³/mol. The maximum atomic E-state index is 12.5. The van der Waals surface area contributed by atoms with Crippen LogP contribution in [0.15, 0.2) is 30.5 Å². The van der Waals surface area contributed by atoms with E-state index < -0.39 is 0 Å². The van der Waals surface area contributed by atoms with Crippen molar-refractivity contribution in [2.24, 2.45) is 0 Å². The number of hydrogen-bond acceptors (Lipinski definition) is 4.